The van der Waals surface area contributed by atoms with Crippen molar-refractivity contribution in [1.29, 1.82) is 0 Å². The molecule has 48 valence electrons. The largest absolute Gasteiger partial charge is 0.307 e. The van der Waals surface area contributed by atoms with Crippen LogP contribution in [0.25, 0.3) is 0 Å². The molecule has 1 saturated heterocycles. The SMILES string of the molecule is C1CCOOC1.C=O. The van der Waals surface area contributed by atoms with Gasteiger partial charge in [0.25, 0.3) is 0 Å². The van der Waals surface area contributed by atoms with Crippen molar-refractivity contribution in [2.45, 2.75) is 12.8 Å². The van der Waals surface area contributed by atoms with Crippen molar-refractivity contribution in [3.63, 3.8) is 0 Å². The lowest BCUT2D eigenvalue weighted by atomic mass is 10.3. The van der Waals surface area contributed by atoms with Crippen LogP contribution in [0.3, 0.4) is 0 Å². The zero-order valence-corrected chi connectivity index (χ0v) is 4.76. The average Bonchev–Trinajstić information content (AvgIpc) is 1.96. The van der Waals surface area contributed by atoms with Gasteiger partial charge in [0, 0.05) is 0 Å². The van der Waals surface area contributed by atoms with Crippen molar-refractivity contribution < 1.29 is 14.6 Å². The first-order valence-corrected chi connectivity index (χ1v) is 2.53. The lowest BCUT2D eigenvalue weighted by molar-refractivity contribution is -0.312. The van der Waals surface area contributed by atoms with Crippen LogP contribution in [0, 0.1) is 0 Å². The molecule has 0 aromatic carbocycles. The van der Waals surface area contributed by atoms with Crippen molar-refractivity contribution in [2.24, 2.45) is 0 Å². The lowest BCUT2D eigenvalue weighted by Gasteiger charge is -2.07. The molecular weight excluding hydrogens is 108 g/mol. The normalized spacial score (nSPS) is 18.5. The quantitative estimate of drug-likeness (QED) is 0.435. The number of rotatable bonds is 0. The van der Waals surface area contributed by atoms with Gasteiger partial charge >= 0.3 is 0 Å². The first-order chi connectivity index (χ1) is 4.00. The Hall–Kier alpha value is -0.410. The molecule has 0 spiro atoms. The van der Waals surface area contributed by atoms with Crippen LogP contribution in [0.2, 0.25) is 0 Å². The van der Waals surface area contributed by atoms with E-state index in [9.17, 15) is 0 Å². The molecule has 1 heterocycles. The van der Waals surface area contributed by atoms with Gasteiger partial charge in [-0.2, -0.15) is 0 Å². The van der Waals surface area contributed by atoms with Gasteiger partial charge in [-0.3, -0.25) is 0 Å². The highest BCUT2D eigenvalue weighted by atomic mass is 17.2. The lowest BCUT2D eigenvalue weighted by Crippen LogP contribution is -2.05. The molecule has 0 aromatic heterocycles. The maximum atomic E-state index is 8.00. The Morgan fingerprint density at radius 2 is 1.38 bits per heavy atom. The van der Waals surface area contributed by atoms with E-state index < -0.39 is 0 Å². The zero-order chi connectivity index (χ0) is 6.24. The Labute approximate surface area is 48.5 Å². The fraction of sp³-hybridized carbons (Fsp3) is 0.800. The van der Waals surface area contributed by atoms with Gasteiger partial charge in [-0.05, 0) is 12.8 Å². The Balaban J connectivity index is 0.000000222. The van der Waals surface area contributed by atoms with Gasteiger partial charge < -0.3 is 4.79 Å². The minimum absolute atomic E-state index is 0.778. The molecule has 3 heteroatoms. The average molecular weight is 118 g/mol. The van der Waals surface area contributed by atoms with Crippen LogP contribution in [0.15, 0.2) is 0 Å². The second kappa shape index (κ2) is 6.59. The number of hydrogen-bond acceptors (Lipinski definition) is 3. The first-order valence-electron chi connectivity index (χ1n) is 2.53. The Morgan fingerprint density at radius 1 is 1.00 bits per heavy atom. The molecule has 0 atom stereocenters. The van der Waals surface area contributed by atoms with Crippen LogP contribution < -0.4 is 0 Å². The molecular formula is C5H10O3. The molecule has 8 heavy (non-hydrogen) atoms. The highest BCUT2D eigenvalue weighted by Gasteiger charge is 1.95. The van der Waals surface area contributed by atoms with Crippen LogP contribution >= 0.6 is 0 Å². The Bertz CT molecular complexity index is 31.4. The summed E-state index contributed by atoms with van der Waals surface area (Å²) in [6.07, 6.45) is 2.31. The van der Waals surface area contributed by atoms with Crippen LogP contribution in [0.4, 0.5) is 0 Å². The van der Waals surface area contributed by atoms with E-state index in [4.69, 9.17) is 4.79 Å². The second-order valence-corrected chi connectivity index (χ2v) is 1.35. The molecule has 0 aromatic rings. The van der Waals surface area contributed by atoms with E-state index in [0.717, 1.165) is 26.1 Å². The van der Waals surface area contributed by atoms with Crippen molar-refractivity contribution in [3.8, 4) is 0 Å². The molecule has 3 nitrogen and oxygen atoms in total. The molecule has 1 aliphatic rings. The molecule has 0 aliphatic carbocycles. The highest BCUT2D eigenvalue weighted by molar-refractivity contribution is 5.10. The standard InChI is InChI=1S/C4H8O2.CH2O/c1-2-4-6-5-3-1;1-2/h1-4H2;1H2. The van der Waals surface area contributed by atoms with Gasteiger partial charge in [-0.25, -0.2) is 9.78 Å². The van der Waals surface area contributed by atoms with E-state index in [1.807, 2.05) is 6.79 Å². The summed E-state index contributed by atoms with van der Waals surface area (Å²) in [7, 11) is 0. The zero-order valence-electron chi connectivity index (χ0n) is 4.76. The molecule has 0 N–H and O–H groups in total. The summed E-state index contributed by atoms with van der Waals surface area (Å²) in [6, 6.07) is 0. The number of carbonyl (C=O) groups is 1. The second-order valence-electron chi connectivity index (χ2n) is 1.35. The maximum Gasteiger partial charge on any atom is 0.106 e. The van der Waals surface area contributed by atoms with E-state index in [1.54, 1.807) is 0 Å². The van der Waals surface area contributed by atoms with Crippen molar-refractivity contribution in [1.82, 2.24) is 0 Å². The van der Waals surface area contributed by atoms with Gasteiger partial charge in [-0.1, -0.05) is 0 Å². The summed E-state index contributed by atoms with van der Waals surface area (Å²) in [5.41, 5.74) is 0. The van der Waals surface area contributed by atoms with E-state index in [0.29, 0.717) is 0 Å². The van der Waals surface area contributed by atoms with Crippen LogP contribution in [-0.2, 0) is 14.6 Å². The molecule has 1 fully saturated rings. The molecule has 0 radical (unpaired) electrons. The molecule has 0 unspecified atom stereocenters. The third-order valence-electron chi connectivity index (χ3n) is 0.789. The topological polar surface area (TPSA) is 35.5 Å². The first kappa shape index (κ1) is 7.59. The van der Waals surface area contributed by atoms with Gasteiger partial charge in [0.1, 0.15) is 6.79 Å². The number of hydrogen-bond donors (Lipinski definition) is 0. The van der Waals surface area contributed by atoms with Crippen LogP contribution in [-0.4, -0.2) is 20.0 Å². The molecule has 0 amide bonds. The smallest absolute Gasteiger partial charge is 0.106 e. The van der Waals surface area contributed by atoms with Crippen molar-refractivity contribution in [2.75, 3.05) is 13.2 Å². The predicted octanol–water partition coefficient (Wildman–Crippen LogP) is 0.544. The monoisotopic (exact) mass is 118 g/mol. The summed E-state index contributed by atoms with van der Waals surface area (Å²) in [4.78, 5) is 17.1. The fourth-order valence-electron chi connectivity index (χ4n) is 0.440. The molecule has 1 rings (SSSR count). The number of carbonyl (C=O) groups excluding carboxylic acids is 1. The van der Waals surface area contributed by atoms with Gasteiger partial charge in [0.15, 0.2) is 0 Å². The summed E-state index contributed by atoms with van der Waals surface area (Å²) in [6.45, 7) is 3.56. The minimum Gasteiger partial charge on any atom is -0.307 e. The maximum absolute atomic E-state index is 8.00. The van der Waals surface area contributed by atoms with E-state index in [2.05, 4.69) is 9.78 Å². The van der Waals surface area contributed by atoms with E-state index >= 15 is 0 Å². The van der Waals surface area contributed by atoms with Gasteiger partial charge in [-0.15, -0.1) is 0 Å². The van der Waals surface area contributed by atoms with Gasteiger partial charge in [0.2, 0.25) is 0 Å². The van der Waals surface area contributed by atoms with E-state index in [1.165, 1.54) is 0 Å². The Kier molecular flexibility index (Phi) is 6.25. The molecule has 0 bridgehead atoms. The predicted molar refractivity (Wildman–Crippen MR) is 28.3 cm³/mol. The summed E-state index contributed by atoms with van der Waals surface area (Å²) in [5, 5.41) is 0. The third kappa shape index (κ3) is 3.77. The highest BCUT2D eigenvalue weighted by Crippen LogP contribution is 1.97. The van der Waals surface area contributed by atoms with E-state index in [-0.39, 0.29) is 0 Å². The third-order valence-corrected chi connectivity index (χ3v) is 0.789. The molecule has 1 aliphatic heterocycles. The summed E-state index contributed by atoms with van der Waals surface area (Å²) >= 11 is 0. The van der Waals surface area contributed by atoms with Crippen LogP contribution in [0.5, 0.6) is 0 Å². The van der Waals surface area contributed by atoms with Crippen molar-refractivity contribution in [3.05, 3.63) is 0 Å². The van der Waals surface area contributed by atoms with Crippen LogP contribution in [0.1, 0.15) is 12.8 Å². The fourth-order valence-corrected chi connectivity index (χ4v) is 0.440. The summed E-state index contributed by atoms with van der Waals surface area (Å²) < 4.78 is 0. The minimum atomic E-state index is 0.778. The summed E-state index contributed by atoms with van der Waals surface area (Å²) in [5.74, 6) is 0. The Morgan fingerprint density at radius 3 is 1.50 bits per heavy atom. The molecule has 0 saturated carbocycles. The van der Waals surface area contributed by atoms with Gasteiger partial charge in [0.05, 0.1) is 13.2 Å². The van der Waals surface area contributed by atoms with Crippen molar-refractivity contribution >= 4 is 6.79 Å².